The number of anilines is 1. The molecule has 0 bridgehead atoms. The zero-order valence-electron chi connectivity index (χ0n) is 15.4. The Bertz CT molecular complexity index is 861. The molecule has 0 aromatic heterocycles. The van der Waals surface area contributed by atoms with Crippen LogP contribution in [-0.2, 0) is 17.9 Å². The molecule has 0 atom stereocenters. The molecule has 3 rings (SSSR count). The third kappa shape index (κ3) is 5.97. The van der Waals surface area contributed by atoms with Gasteiger partial charge in [-0.15, -0.1) is 0 Å². The molecule has 0 heterocycles. The summed E-state index contributed by atoms with van der Waals surface area (Å²) in [5.41, 5.74) is 4.18. The summed E-state index contributed by atoms with van der Waals surface area (Å²) in [6.45, 7) is 3.44. The van der Waals surface area contributed by atoms with E-state index in [4.69, 9.17) is 4.74 Å². The lowest BCUT2D eigenvalue weighted by Gasteiger charge is -2.12. The van der Waals surface area contributed by atoms with Crippen molar-refractivity contribution in [3.63, 3.8) is 0 Å². The molecular weight excluding hydrogens is 336 g/mol. The van der Waals surface area contributed by atoms with Gasteiger partial charge >= 0.3 is 0 Å². The van der Waals surface area contributed by atoms with Crippen LogP contribution >= 0.6 is 0 Å². The van der Waals surface area contributed by atoms with Gasteiger partial charge in [0.15, 0.2) is 6.61 Å². The van der Waals surface area contributed by atoms with Crippen LogP contribution in [0, 0.1) is 6.92 Å². The van der Waals surface area contributed by atoms with Crippen LogP contribution in [0.4, 0.5) is 5.69 Å². The first-order chi connectivity index (χ1) is 13.2. The molecule has 0 aliphatic carbocycles. The van der Waals surface area contributed by atoms with Gasteiger partial charge in [-0.1, -0.05) is 66.2 Å². The Hall–Kier alpha value is -3.11. The first-order valence-corrected chi connectivity index (χ1v) is 9.02. The second kappa shape index (κ2) is 9.55. The molecule has 0 aliphatic heterocycles. The molecule has 0 saturated heterocycles. The van der Waals surface area contributed by atoms with Gasteiger partial charge in [0.05, 0.1) is 0 Å². The number of amides is 1. The van der Waals surface area contributed by atoms with E-state index >= 15 is 0 Å². The Labute approximate surface area is 160 Å². The lowest BCUT2D eigenvalue weighted by atomic mass is 10.2. The third-order valence-corrected chi connectivity index (χ3v) is 4.15. The van der Waals surface area contributed by atoms with E-state index in [1.54, 1.807) is 0 Å². The van der Waals surface area contributed by atoms with E-state index in [0.717, 1.165) is 29.1 Å². The van der Waals surface area contributed by atoms with Crippen molar-refractivity contribution in [1.82, 2.24) is 5.32 Å². The van der Waals surface area contributed by atoms with E-state index in [1.807, 2.05) is 73.7 Å². The fourth-order valence-electron chi connectivity index (χ4n) is 2.71. The van der Waals surface area contributed by atoms with E-state index in [2.05, 4.69) is 22.8 Å². The van der Waals surface area contributed by atoms with E-state index in [-0.39, 0.29) is 12.5 Å². The van der Waals surface area contributed by atoms with Crippen molar-refractivity contribution in [2.45, 2.75) is 20.0 Å². The van der Waals surface area contributed by atoms with Crippen molar-refractivity contribution in [3.8, 4) is 5.75 Å². The maximum Gasteiger partial charge on any atom is 0.262 e. The van der Waals surface area contributed by atoms with Crippen molar-refractivity contribution in [1.29, 1.82) is 0 Å². The van der Waals surface area contributed by atoms with Crippen LogP contribution in [0.15, 0.2) is 78.9 Å². The summed E-state index contributed by atoms with van der Waals surface area (Å²) in [5.74, 6) is 0.544. The molecule has 0 fully saturated rings. The molecule has 3 aromatic rings. The van der Waals surface area contributed by atoms with E-state index in [0.29, 0.717) is 6.54 Å². The number of carbonyl (C=O) groups excluding carboxylic acids is 1. The van der Waals surface area contributed by atoms with Gasteiger partial charge in [0.1, 0.15) is 5.75 Å². The molecule has 0 spiro atoms. The zero-order chi connectivity index (χ0) is 18.9. The summed E-state index contributed by atoms with van der Waals surface area (Å²) in [5, 5.41) is 6.25. The summed E-state index contributed by atoms with van der Waals surface area (Å²) >= 11 is 0. The van der Waals surface area contributed by atoms with Crippen LogP contribution in [0.3, 0.4) is 0 Å². The molecular formula is C23H24N2O2. The number of nitrogens with one attached hydrogen (secondary N) is 2. The van der Waals surface area contributed by atoms with Crippen molar-refractivity contribution in [2.75, 3.05) is 11.9 Å². The number of rotatable bonds is 8. The molecule has 3 aromatic carbocycles. The van der Waals surface area contributed by atoms with Gasteiger partial charge in [0.2, 0.25) is 0 Å². The van der Waals surface area contributed by atoms with Crippen LogP contribution in [0.1, 0.15) is 16.7 Å². The minimum atomic E-state index is -0.175. The Balaban J connectivity index is 1.51. The lowest BCUT2D eigenvalue weighted by Crippen LogP contribution is -2.21. The topological polar surface area (TPSA) is 50.4 Å². The van der Waals surface area contributed by atoms with Crippen LogP contribution < -0.4 is 15.4 Å². The second-order valence-electron chi connectivity index (χ2n) is 6.40. The largest absolute Gasteiger partial charge is 0.483 e. The number of hydrogen-bond donors (Lipinski definition) is 2. The van der Waals surface area contributed by atoms with Gasteiger partial charge in [-0.2, -0.15) is 0 Å². The molecule has 2 N–H and O–H groups in total. The fourth-order valence-corrected chi connectivity index (χ4v) is 2.71. The molecule has 0 aliphatic rings. The fraction of sp³-hybridized carbons (Fsp3) is 0.174. The number of aryl methyl sites for hydroxylation is 1. The molecule has 0 saturated carbocycles. The van der Waals surface area contributed by atoms with Crippen LogP contribution in [-0.4, -0.2) is 12.5 Å². The smallest absolute Gasteiger partial charge is 0.262 e. The average molecular weight is 360 g/mol. The number of benzene rings is 3. The van der Waals surface area contributed by atoms with Gasteiger partial charge in [-0.3, -0.25) is 4.79 Å². The van der Waals surface area contributed by atoms with E-state index in [9.17, 15) is 4.79 Å². The highest BCUT2D eigenvalue weighted by atomic mass is 16.5. The van der Waals surface area contributed by atoms with Crippen molar-refractivity contribution in [2.24, 2.45) is 0 Å². The van der Waals surface area contributed by atoms with Gasteiger partial charge in [0, 0.05) is 24.3 Å². The summed E-state index contributed by atoms with van der Waals surface area (Å²) < 4.78 is 5.75. The first-order valence-electron chi connectivity index (χ1n) is 9.02. The van der Waals surface area contributed by atoms with Crippen LogP contribution in [0.5, 0.6) is 5.75 Å². The molecule has 4 nitrogen and oxygen atoms in total. The maximum absolute atomic E-state index is 12.1. The highest BCUT2D eigenvalue weighted by Gasteiger charge is 2.07. The Kier molecular flexibility index (Phi) is 6.61. The molecule has 0 unspecified atom stereocenters. The predicted molar refractivity (Wildman–Crippen MR) is 109 cm³/mol. The van der Waals surface area contributed by atoms with Gasteiger partial charge < -0.3 is 15.4 Å². The van der Waals surface area contributed by atoms with E-state index in [1.165, 1.54) is 5.56 Å². The zero-order valence-corrected chi connectivity index (χ0v) is 15.4. The molecule has 27 heavy (non-hydrogen) atoms. The van der Waals surface area contributed by atoms with Crippen molar-refractivity contribution < 1.29 is 9.53 Å². The highest BCUT2D eigenvalue weighted by molar-refractivity contribution is 5.91. The SMILES string of the molecule is Cc1ccc(NC(=O)COc2ccccc2CNCc2ccccc2)cc1. The second-order valence-corrected chi connectivity index (χ2v) is 6.40. The Morgan fingerprint density at radius 2 is 1.56 bits per heavy atom. The van der Waals surface area contributed by atoms with Crippen molar-refractivity contribution in [3.05, 3.63) is 95.6 Å². The number of para-hydroxylation sites is 1. The summed E-state index contributed by atoms with van der Waals surface area (Å²) in [7, 11) is 0. The predicted octanol–water partition coefficient (Wildman–Crippen LogP) is 4.30. The Morgan fingerprint density at radius 1 is 0.852 bits per heavy atom. The number of carbonyl (C=O) groups is 1. The minimum absolute atomic E-state index is 0.0242. The quantitative estimate of drug-likeness (QED) is 0.630. The maximum atomic E-state index is 12.1. The number of ether oxygens (including phenoxy) is 1. The molecule has 138 valence electrons. The standard InChI is InChI=1S/C23H24N2O2/c1-18-11-13-21(14-12-18)25-23(26)17-27-22-10-6-5-9-20(22)16-24-15-19-7-3-2-4-8-19/h2-14,24H,15-17H2,1H3,(H,25,26). The molecule has 1 amide bonds. The van der Waals surface area contributed by atoms with Gasteiger partial charge in [-0.25, -0.2) is 0 Å². The first kappa shape index (κ1) is 18.7. The summed E-state index contributed by atoms with van der Waals surface area (Å²) in [4.78, 5) is 12.1. The number of hydrogen-bond acceptors (Lipinski definition) is 3. The van der Waals surface area contributed by atoms with Crippen LogP contribution in [0.25, 0.3) is 0 Å². The lowest BCUT2D eigenvalue weighted by molar-refractivity contribution is -0.118. The monoisotopic (exact) mass is 360 g/mol. The molecule has 4 heteroatoms. The molecule has 0 radical (unpaired) electrons. The van der Waals surface area contributed by atoms with Crippen LogP contribution in [0.2, 0.25) is 0 Å². The van der Waals surface area contributed by atoms with Gasteiger partial charge in [-0.05, 0) is 30.7 Å². The third-order valence-electron chi connectivity index (χ3n) is 4.15. The average Bonchev–Trinajstić information content (AvgIpc) is 2.70. The van der Waals surface area contributed by atoms with Crippen molar-refractivity contribution >= 4 is 11.6 Å². The highest BCUT2D eigenvalue weighted by Crippen LogP contribution is 2.18. The normalized spacial score (nSPS) is 10.4. The Morgan fingerprint density at radius 3 is 2.33 bits per heavy atom. The summed E-state index contributed by atoms with van der Waals surface area (Å²) in [6, 6.07) is 25.7. The van der Waals surface area contributed by atoms with E-state index < -0.39 is 0 Å². The summed E-state index contributed by atoms with van der Waals surface area (Å²) in [6.07, 6.45) is 0. The minimum Gasteiger partial charge on any atom is -0.483 e. The van der Waals surface area contributed by atoms with Gasteiger partial charge in [0.25, 0.3) is 5.91 Å².